The van der Waals surface area contributed by atoms with Crippen molar-refractivity contribution in [3.05, 3.63) is 35.9 Å². The molecule has 1 aliphatic rings. The number of aldehydes is 1. The summed E-state index contributed by atoms with van der Waals surface area (Å²) >= 11 is 0. The van der Waals surface area contributed by atoms with E-state index in [1.807, 2.05) is 24.5 Å². The third-order valence-electron chi connectivity index (χ3n) is 2.66. The van der Waals surface area contributed by atoms with Crippen molar-refractivity contribution < 1.29 is 4.79 Å². The van der Waals surface area contributed by atoms with Crippen LogP contribution in [0.3, 0.4) is 0 Å². The SMILES string of the molecule is O=Cc1ccn2c(C3CC3)ncc2c1. The molecule has 2 aromatic rings. The van der Waals surface area contributed by atoms with E-state index in [-0.39, 0.29) is 0 Å². The van der Waals surface area contributed by atoms with Gasteiger partial charge in [0.2, 0.25) is 0 Å². The van der Waals surface area contributed by atoms with Crippen molar-refractivity contribution >= 4 is 11.8 Å². The molecule has 1 aliphatic carbocycles. The van der Waals surface area contributed by atoms with Crippen LogP contribution in [-0.2, 0) is 0 Å². The first-order valence-corrected chi connectivity index (χ1v) is 4.80. The van der Waals surface area contributed by atoms with Crippen LogP contribution in [0.2, 0.25) is 0 Å². The van der Waals surface area contributed by atoms with Gasteiger partial charge in [-0.15, -0.1) is 0 Å². The molecule has 3 rings (SSSR count). The normalized spacial score (nSPS) is 16.0. The summed E-state index contributed by atoms with van der Waals surface area (Å²) in [6.07, 6.45) is 7.12. The number of hydrogen-bond donors (Lipinski definition) is 0. The van der Waals surface area contributed by atoms with Crippen molar-refractivity contribution in [3.8, 4) is 0 Å². The third-order valence-corrected chi connectivity index (χ3v) is 2.66. The molecule has 0 saturated heterocycles. The molecule has 0 amide bonds. The number of rotatable bonds is 2. The van der Waals surface area contributed by atoms with Crippen LogP contribution in [0.5, 0.6) is 0 Å². The minimum absolute atomic E-state index is 0.639. The minimum Gasteiger partial charge on any atom is -0.303 e. The molecule has 70 valence electrons. The Labute approximate surface area is 81.4 Å². The summed E-state index contributed by atoms with van der Waals surface area (Å²) in [6, 6.07) is 3.69. The fourth-order valence-electron chi connectivity index (χ4n) is 1.75. The van der Waals surface area contributed by atoms with Gasteiger partial charge in [-0.3, -0.25) is 4.79 Å². The molecule has 0 unspecified atom stereocenters. The highest BCUT2D eigenvalue weighted by molar-refractivity contribution is 5.77. The number of nitrogens with zero attached hydrogens (tertiary/aromatic N) is 2. The average molecular weight is 186 g/mol. The van der Waals surface area contributed by atoms with E-state index in [1.165, 1.54) is 12.8 Å². The van der Waals surface area contributed by atoms with Crippen LogP contribution >= 0.6 is 0 Å². The summed E-state index contributed by atoms with van der Waals surface area (Å²) in [4.78, 5) is 15.0. The van der Waals surface area contributed by atoms with Gasteiger partial charge in [0, 0.05) is 17.7 Å². The highest BCUT2D eigenvalue weighted by atomic mass is 16.1. The number of aromatic nitrogens is 2. The summed E-state index contributed by atoms with van der Waals surface area (Å²) < 4.78 is 2.07. The van der Waals surface area contributed by atoms with E-state index in [1.54, 1.807) is 0 Å². The van der Waals surface area contributed by atoms with E-state index >= 15 is 0 Å². The lowest BCUT2D eigenvalue weighted by molar-refractivity contribution is 0.112. The van der Waals surface area contributed by atoms with E-state index in [2.05, 4.69) is 9.38 Å². The Morgan fingerprint density at radius 2 is 2.36 bits per heavy atom. The molecule has 1 saturated carbocycles. The van der Waals surface area contributed by atoms with Gasteiger partial charge in [-0.1, -0.05) is 0 Å². The number of carbonyl (C=O) groups excluding carboxylic acids is 1. The van der Waals surface area contributed by atoms with Crippen molar-refractivity contribution in [2.24, 2.45) is 0 Å². The zero-order valence-electron chi connectivity index (χ0n) is 7.68. The number of carbonyl (C=O) groups is 1. The highest BCUT2D eigenvalue weighted by Crippen LogP contribution is 2.39. The average Bonchev–Trinajstić information content (AvgIpc) is 2.98. The fourth-order valence-corrected chi connectivity index (χ4v) is 1.75. The predicted molar refractivity (Wildman–Crippen MR) is 52.6 cm³/mol. The highest BCUT2D eigenvalue weighted by Gasteiger charge is 2.27. The molecule has 2 heterocycles. The molecular weight excluding hydrogens is 176 g/mol. The van der Waals surface area contributed by atoms with Crippen molar-refractivity contribution in [1.29, 1.82) is 0 Å². The molecule has 0 bridgehead atoms. The van der Waals surface area contributed by atoms with Crippen molar-refractivity contribution in [2.45, 2.75) is 18.8 Å². The standard InChI is InChI=1S/C11H10N2O/c14-7-8-3-4-13-10(5-8)6-12-11(13)9-1-2-9/h3-7,9H,1-2H2. The predicted octanol–water partition coefficient (Wildman–Crippen LogP) is 2.02. The molecule has 0 N–H and O–H groups in total. The Morgan fingerprint density at radius 3 is 3.07 bits per heavy atom. The molecule has 0 atom stereocenters. The lowest BCUT2D eigenvalue weighted by Gasteiger charge is -1.98. The molecule has 1 fully saturated rings. The fraction of sp³-hybridized carbons (Fsp3) is 0.273. The maximum absolute atomic E-state index is 10.6. The molecule has 2 aromatic heterocycles. The second-order valence-corrected chi connectivity index (χ2v) is 3.76. The van der Waals surface area contributed by atoms with Crippen molar-refractivity contribution in [1.82, 2.24) is 9.38 Å². The molecule has 3 nitrogen and oxygen atoms in total. The zero-order valence-corrected chi connectivity index (χ0v) is 7.68. The second kappa shape index (κ2) is 2.67. The van der Waals surface area contributed by atoms with Gasteiger partial charge in [0.05, 0.1) is 11.7 Å². The van der Waals surface area contributed by atoms with E-state index < -0.39 is 0 Å². The van der Waals surface area contributed by atoms with Gasteiger partial charge < -0.3 is 4.40 Å². The quantitative estimate of drug-likeness (QED) is 0.672. The summed E-state index contributed by atoms with van der Waals surface area (Å²) in [6.45, 7) is 0. The Kier molecular flexibility index (Phi) is 1.48. The van der Waals surface area contributed by atoms with E-state index in [9.17, 15) is 4.79 Å². The van der Waals surface area contributed by atoms with Gasteiger partial charge in [-0.25, -0.2) is 4.98 Å². The van der Waals surface area contributed by atoms with Crippen LogP contribution in [0.25, 0.3) is 5.52 Å². The number of imidazole rings is 1. The van der Waals surface area contributed by atoms with Gasteiger partial charge in [0.15, 0.2) is 0 Å². The monoisotopic (exact) mass is 186 g/mol. The van der Waals surface area contributed by atoms with Crippen LogP contribution < -0.4 is 0 Å². The van der Waals surface area contributed by atoms with Crippen LogP contribution in [0.1, 0.15) is 34.9 Å². The molecule has 14 heavy (non-hydrogen) atoms. The number of pyridine rings is 1. The van der Waals surface area contributed by atoms with Crippen LogP contribution in [0, 0.1) is 0 Å². The summed E-state index contributed by atoms with van der Waals surface area (Å²) in [5.41, 5.74) is 1.72. The van der Waals surface area contributed by atoms with Gasteiger partial charge in [0.1, 0.15) is 12.1 Å². The topological polar surface area (TPSA) is 34.4 Å². The molecule has 0 radical (unpaired) electrons. The van der Waals surface area contributed by atoms with Crippen LogP contribution in [-0.4, -0.2) is 15.7 Å². The Bertz CT molecular complexity index is 497. The van der Waals surface area contributed by atoms with Gasteiger partial charge in [-0.05, 0) is 25.0 Å². The van der Waals surface area contributed by atoms with Crippen LogP contribution in [0.15, 0.2) is 24.5 Å². The lowest BCUT2D eigenvalue weighted by Crippen LogP contribution is -1.92. The summed E-state index contributed by atoms with van der Waals surface area (Å²) in [7, 11) is 0. The van der Waals surface area contributed by atoms with Gasteiger partial charge in [0.25, 0.3) is 0 Å². The maximum atomic E-state index is 10.6. The van der Waals surface area contributed by atoms with E-state index in [0.717, 1.165) is 17.6 Å². The molecule has 0 aliphatic heterocycles. The molecule has 0 spiro atoms. The van der Waals surface area contributed by atoms with Gasteiger partial charge in [-0.2, -0.15) is 0 Å². The van der Waals surface area contributed by atoms with Gasteiger partial charge >= 0.3 is 0 Å². The molecular formula is C11H10N2O. The largest absolute Gasteiger partial charge is 0.303 e. The number of hydrogen-bond acceptors (Lipinski definition) is 2. The zero-order chi connectivity index (χ0) is 9.54. The van der Waals surface area contributed by atoms with E-state index in [0.29, 0.717) is 11.5 Å². The molecule has 3 heteroatoms. The summed E-state index contributed by atoms with van der Waals surface area (Å²) in [5.74, 6) is 1.78. The first kappa shape index (κ1) is 7.74. The lowest BCUT2D eigenvalue weighted by atomic mass is 10.3. The molecule has 0 aromatic carbocycles. The smallest absolute Gasteiger partial charge is 0.150 e. The number of fused-ring (bicyclic) bond motifs is 1. The summed E-state index contributed by atoms with van der Waals surface area (Å²) in [5, 5.41) is 0. The Balaban J connectivity index is 2.21. The van der Waals surface area contributed by atoms with Crippen LogP contribution in [0.4, 0.5) is 0 Å². The first-order chi connectivity index (χ1) is 6.88. The van der Waals surface area contributed by atoms with Crippen molar-refractivity contribution in [2.75, 3.05) is 0 Å². The first-order valence-electron chi connectivity index (χ1n) is 4.80. The van der Waals surface area contributed by atoms with E-state index in [4.69, 9.17) is 0 Å². The maximum Gasteiger partial charge on any atom is 0.150 e. The Morgan fingerprint density at radius 1 is 1.50 bits per heavy atom. The second-order valence-electron chi connectivity index (χ2n) is 3.76. The minimum atomic E-state index is 0.639. The van der Waals surface area contributed by atoms with Crippen molar-refractivity contribution in [3.63, 3.8) is 0 Å². The third kappa shape index (κ3) is 1.05. The Hall–Kier alpha value is -1.64.